The number of aliphatic hydroxyl groups is 5. The smallest absolute Gasteiger partial charge is 0.220 e. The molecule has 1 aliphatic heterocycles. The van der Waals surface area contributed by atoms with Gasteiger partial charge in [-0.3, -0.25) is 4.79 Å². The number of carbonyl (C=O) groups is 1. The molecule has 1 aliphatic rings. The van der Waals surface area contributed by atoms with E-state index < -0.39 is 49.5 Å². The average molecular weight is 920 g/mol. The Kier molecular flexibility index (Phi) is 43.6. The Morgan fingerprint density at radius 1 is 0.508 bits per heavy atom. The summed E-state index contributed by atoms with van der Waals surface area (Å²) in [4.78, 5) is 13.0. The standard InChI is InChI=1S/C56H105NO8/c1-3-5-7-9-11-13-15-17-19-21-22-23-24-25-26-27-28-30-32-34-36-38-40-42-44-46-52(60)57-49(48-64-56-55(63)54(62)53(61)51(47-58)65-56)50(59)45-43-41-39-37-35-33-31-29-20-18-16-14-12-10-8-6-4-2/h20,29,35,37,43,45,49-51,53-56,58-59,61-63H,3-19,21-28,30-34,36,38-42,44,46-48H2,1-2H3,(H,57,60)/b29-20+,37-35+,45-43+. The molecule has 9 heteroatoms. The molecule has 0 aromatic heterocycles. The minimum atomic E-state index is -1.57. The van der Waals surface area contributed by atoms with Gasteiger partial charge >= 0.3 is 0 Å². The van der Waals surface area contributed by atoms with Gasteiger partial charge in [-0.2, -0.15) is 0 Å². The number of aliphatic hydroxyl groups excluding tert-OH is 5. The Balaban J connectivity index is 2.24. The normalized spacial score (nSPS) is 20.1. The molecule has 9 nitrogen and oxygen atoms in total. The first-order valence-corrected chi connectivity index (χ1v) is 27.7. The lowest BCUT2D eigenvalue weighted by atomic mass is 9.99. The van der Waals surface area contributed by atoms with E-state index in [1.165, 1.54) is 193 Å². The van der Waals surface area contributed by atoms with Crippen molar-refractivity contribution in [2.45, 2.75) is 301 Å². The predicted molar refractivity (Wildman–Crippen MR) is 272 cm³/mol. The van der Waals surface area contributed by atoms with E-state index in [4.69, 9.17) is 9.47 Å². The number of hydrogen-bond donors (Lipinski definition) is 6. The number of allylic oxidation sites excluding steroid dienone is 5. The van der Waals surface area contributed by atoms with Crippen molar-refractivity contribution in [1.29, 1.82) is 0 Å². The van der Waals surface area contributed by atoms with E-state index in [9.17, 15) is 30.3 Å². The monoisotopic (exact) mass is 920 g/mol. The van der Waals surface area contributed by atoms with Crippen LogP contribution in [0, 0.1) is 0 Å². The first kappa shape index (κ1) is 61.4. The highest BCUT2D eigenvalue weighted by Crippen LogP contribution is 2.23. The first-order valence-electron chi connectivity index (χ1n) is 27.7. The summed E-state index contributed by atoms with van der Waals surface area (Å²) in [5, 5.41) is 54.4. The van der Waals surface area contributed by atoms with E-state index in [1.807, 2.05) is 6.08 Å². The van der Waals surface area contributed by atoms with Crippen molar-refractivity contribution in [1.82, 2.24) is 5.32 Å². The van der Waals surface area contributed by atoms with Crippen molar-refractivity contribution in [3.63, 3.8) is 0 Å². The van der Waals surface area contributed by atoms with Crippen LogP contribution in [0.1, 0.15) is 258 Å². The van der Waals surface area contributed by atoms with Gasteiger partial charge in [-0.1, -0.05) is 243 Å². The third kappa shape index (κ3) is 36.1. The zero-order chi connectivity index (χ0) is 47.3. The summed E-state index contributed by atoms with van der Waals surface area (Å²) < 4.78 is 11.2. The maximum atomic E-state index is 13.0. The Morgan fingerprint density at radius 2 is 0.877 bits per heavy atom. The van der Waals surface area contributed by atoms with Crippen LogP contribution in [0.5, 0.6) is 0 Å². The van der Waals surface area contributed by atoms with E-state index in [0.717, 1.165) is 44.9 Å². The minimum Gasteiger partial charge on any atom is -0.394 e. The van der Waals surface area contributed by atoms with Gasteiger partial charge in [0.05, 0.1) is 25.4 Å². The van der Waals surface area contributed by atoms with E-state index in [0.29, 0.717) is 6.42 Å². The molecule has 0 aromatic carbocycles. The van der Waals surface area contributed by atoms with Crippen LogP contribution in [0.3, 0.4) is 0 Å². The van der Waals surface area contributed by atoms with Gasteiger partial charge in [0.2, 0.25) is 5.91 Å². The van der Waals surface area contributed by atoms with Crippen LogP contribution < -0.4 is 5.32 Å². The number of carbonyl (C=O) groups excluding carboxylic acids is 1. The van der Waals surface area contributed by atoms with Crippen LogP contribution in [0.15, 0.2) is 36.5 Å². The third-order valence-electron chi connectivity index (χ3n) is 13.2. The molecule has 1 amide bonds. The van der Waals surface area contributed by atoms with Crippen molar-refractivity contribution in [2.75, 3.05) is 13.2 Å². The second kappa shape index (κ2) is 46.2. The molecule has 1 rings (SSSR count). The van der Waals surface area contributed by atoms with Gasteiger partial charge in [0.25, 0.3) is 0 Å². The number of rotatable bonds is 47. The number of amides is 1. The molecular formula is C56H105NO8. The van der Waals surface area contributed by atoms with Gasteiger partial charge in [-0.05, 0) is 44.9 Å². The Bertz CT molecular complexity index is 1110. The zero-order valence-corrected chi connectivity index (χ0v) is 42.3. The van der Waals surface area contributed by atoms with Crippen LogP contribution >= 0.6 is 0 Å². The molecule has 1 saturated heterocycles. The maximum Gasteiger partial charge on any atom is 0.220 e. The number of hydrogen-bond acceptors (Lipinski definition) is 8. The fraction of sp³-hybridized carbons (Fsp3) is 0.875. The zero-order valence-electron chi connectivity index (χ0n) is 42.3. The highest BCUT2D eigenvalue weighted by molar-refractivity contribution is 5.76. The SMILES string of the molecule is CCCCCCCCC/C=C/CC/C=C/CC/C=C/C(O)C(COC1OC(CO)C(O)C(O)C1O)NC(=O)CCCCCCCCCCCCCCCCCCCCCCCCCCC. The molecule has 1 fully saturated rings. The fourth-order valence-electron chi connectivity index (χ4n) is 8.78. The third-order valence-corrected chi connectivity index (χ3v) is 13.2. The lowest BCUT2D eigenvalue weighted by Gasteiger charge is -2.40. The van der Waals surface area contributed by atoms with Crippen molar-refractivity contribution in [2.24, 2.45) is 0 Å². The summed E-state index contributed by atoms with van der Waals surface area (Å²) in [5.41, 5.74) is 0. The van der Waals surface area contributed by atoms with Crippen LogP contribution in [-0.4, -0.2) is 87.5 Å². The van der Waals surface area contributed by atoms with Crippen molar-refractivity contribution in [3.05, 3.63) is 36.5 Å². The largest absolute Gasteiger partial charge is 0.394 e. The molecule has 382 valence electrons. The van der Waals surface area contributed by atoms with E-state index >= 15 is 0 Å². The van der Waals surface area contributed by atoms with Gasteiger partial charge in [0.15, 0.2) is 6.29 Å². The fourth-order valence-corrected chi connectivity index (χ4v) is 8.78. The summed E-state index contributed by atoms with van der Waals surface area (Å²) in [5.74, 6) is -0.187. The first-order chi connectivity index (χ1) is 31.8. The average Bonchev–Trinajstić information content (AvgIpc) is 3.31. The molecule has 7 unspecified atom stereocenters. The van der Waals surface area contributed by atoms with Crippen molar-refractivity contribution >= 4 is 5.91 Å². The predicted octanol–water partition coefficient (Wildman–Crippen LogP) is 13.2. The molecule has 7 atom stereocenters. The Morgan fingerprint density at radius 3 is 1.29 bits per heavy atom. The second-order valence-corrected chi connectivity index (χ2v) is 19.4. The summed E-state index contributed by atoms with van der Waals surface area (Å²) in [7, 11) is 0. The van der Waals surface area contributed by atoms with Gasteiger partial charge < -0.3 is 40.3 Å². The molecule has 0 radical (unpaired) electrons. The van der Waals surface area contributed by atoms with Gasteiger partial charge in [-0.25, -0.2) is 0 Å². The van der Waals surface area contributed by atoms with Crippen LogP contribution in [0.2, 0.25) is 0 Å². The van der Waals surface area contributed by atoms with Crippen molar-refractivity contribution in [3.8, 4) is 0 Å². The second-order valence-electron chi connectivity index (χ2n) is 19.4. The molecule has 6 N–H and O–H groups in total. The van der Waals surface area contributed by atoms with E-state index in [2.05, 4.69) is 43.5 Å². The highest BCUT2D eigenvalue weighted by atomic mass is 16.7. The molecule has 65 heavy (non-hydrogen) atoms. The quantitative estimate of drug-likeness (QED) is 0.0261. The van der Waals surface area contributed by atoms with E-state index in [1.54, 1.807) is 6.08 Å². The van der Waals surface area contributed by atoms with Gasteiger partial charge in [0, 0.05) is 6.42 Å². The molecular weight excluding hydrogens is 815 g/mol. The lowest BCUT2D eigenvalue weighted by Crippen LogP contribution is -2.60. The lowest BCUT2D eigenvalue weighted by molar-refractivity contribution is -0.302. The van der Waals surface area contributed by atoms with Gasteiger partial charge in [0.1, 0.15) is 24.4 Å². The summed E-state index contributed by atoms with van der Waals surface area (Å²) >= 11 is 0. The molecule has 0 aromatic rings. The Labute approximate surface area is 400 Å². The summed E-state index contributed by atoms with van der Waals surface area (Å²) in [6, 6.07) is -0.825. The molecule has 1 heterocycles. The van der Waals surface area contributed by atoms with Crippen molar-refractivity contribution < 1.29 is 39.8 Å². The number of unbranched alkanes of at least 4 members (excludes halogenated alkanes) is 33. The van der Waals surface area contributed by atoms with Crippen LogP contribution in [-0.2, 0) is 14.3 Å². The minimum absolute atomic E-state index is 0.187. The molecule has 0 saturated carbocycles. The van der Waals surface area contributed by atoms with E-state index in [-0.39, 0.29) is 12.5 Å². The molecule has 0 aliphatic carbocycles. The summed E-state index contributed by atoms with van der Waals surface area (Å²) in [6.07, 6.45) is 52.1. The summed E-state index contributed by atoms with van der Waals surface area (Å²) in [6.45, 7) is 3.77. The topological polar surface area (TPSA) is 149 Å². The highest BCUT2D eigenvalue weighted by Gasteiger charge is 2.44. The van der Waals surface area contributed by atoms with Crippen LogP contribution in [0.25, 0.3) is 0 Å². The number of nitrogens with one attached hydrogen (secondary N) is 1. The van der Waals surface area contributed by atoms with Gasteiger partial charge in [-0.15, -0.1) is 0 Å². The number of ether oxygens (including phenoxy) is 2. The maximum absolute atomic E-state index is 13.0. The molecule has 0 bridgehead atoms. The Hall–Kier alpha value is -1.59. The molecule has 0 spiro atoms. The van der Waals surface area contributed by atoms with Crippen LogP contribution in [0.4, 0.5) is 0 Å².